The average Bonchev–Trinajstić information content (AvgIpc) is 2.43. The molecule has 0 spiro atoms. The van der Waals surface area contributed by atoms with Crippen LogP contribution in [0, 0.1) is 11.6 Å². The fourth-order valence-corrected chi connectivity index (χ4v) is 2.07. The molecule has 2 aromatic rings. The maximum absolute atomic E-state index is 13.7. The quantitative estimate of drug-likeness (QED) is 0.872. The Kier molecular flexibility index (Phi) is 4.67. The zero-order valence-electron chi connectivity index (χ0n) is 12.2. The van der Waals surface area contributed by atoms with Gasteiger partial charge >= 0.3 is 0 Å². The lowest BCUT2D eigenvalue weighted by Crippen LogP contribution is -2.09. The van der Waals surface area contributed by atoms with Crippen LogP contribution in [0.3, 0.4) is 0 Å². The Balaban J connectivity index is 2.43. The molecule has 0 amide bonds. The second-order valence-electron chi connectivity index (χ2n) is 4.92. The Hall–Kier alpha value is -2.24. The minimum Gasteiger partial charge on any atom is -0.370 e. The number of hydrogen-bond donors (Lipinski definition) is 2. The summed E-state index contributed by atoms with van der Waals surface area (Å²) in [7, 11) is 0. The van der Waals surface area contributed by atoms with Crippen molar-refractivity contribution in [1.82, 2.24) is 9.97 Å². The predicted octanol–water partition coefficient (Wildman–Crippen LogP) is 4.05. The fraction of sp³-hybridized carbons (Fsp3) is 0.333. The van der Waals surface area contributed by atoms with Gasteiger partial charge in [-0.3, -0.25) is 0 Å². The van der Waals surface area contributed by atoms with E-state index in [0.29, 0.717) is 18.2 Å². The van der Waals surface area contributed by atoms with Gasteiger partial charge in [0.15, 0.2) is 0 Å². The van der Waals surface area contributed by atoms with Crippen LogP contribution in [-0.2, 0) is 0 Å². The van der Waals surface area contributed by atoms with Crippen molar-refractivity contribution in [3.63, 3.8) is 0 Å². The zero-order valence-corrected chi connectivity index (χ0v) is 12.2. The number of benzene rings is 1. The normalized spacial score (nSPS) is 10.8. The third-order valence-electron chi connectivity index (χ3n) is 2.99. The SMILES string of the molecule is CCNc1ncnc(Nc2cc(F)ccc2F)c1C(C)C. The molecule has 0 aliphatic carbocycles. The van der Waals surface area contributed by atoms with E-state index >= 15 is 0 Å². The van der Waals surface area contributed by atoms with Crippen molar-refractivity contribution >= 4 is 17.3 Å². The highest BCUT2D eigenvalue weighted by molar-refractivity contribution is 5.66. The van der Waals surface area contributed by atoms with Crippen molar-refractivity contribution in [2.75, 3.05) is 17.2 Å². The van der Waals surface area contributed by atoms with E-state index in [9.17, 15) is 8.78 Å². The molecule has 0 unspecified atom stereocenters. The minimum atomic E-state index is -0.533. The number of nitrogens with one attached hydrogen (secondary N) is 2. The Labute approximate surface area is 122 Å². The molecule has 0 saturated heterocycles. The molecule has 1 heterocycles. The second kappa shape index (κ2) is 6.47. The lowest BCUT2D eigenvalue weighted by molar-refractivity contribution is 0.603. The van der Waals surface area contributed by atoms with Crippen LogP contribution < -0.4 is 10.6 Å². The van der Waals surface area contributed by atoms with Crippen molar-refractivity contribution in [2.24, 2.45) is 0 Å². The molecular formula is C15H18F2N4. The van der Waals surface area contributed by atoms with Crippen LogP contribution in [0.25, 0.3) is 0 Å². The predicted molar refractivity (Wildman–Crippen MR) is 79.9 cm³/mol. The first-order valence-corrected chi connectivity index (χ1v) is 6.83. The lowest BCUT2D eigenvalue weighted by atomic mass is 10.0. The molecule has 6 heteroatoms. The van der Waals surface area contributed by atoms with Crippen LogP contribution in [-0.4, -0.2) is 16.5 Å². The molecule has 0 aliphatic rings. The van der Waals surface area contributed by atoms with Gasteiger partial charge in [-0.05, 0) is 25.0 Å². The van der Waals surface area contributed by atoms with Crippen LogP contribution in [0.1, 0.15) is 32.3 Å². The summed E-state index contributed by atoms with van der Waals surface area (Å²) >= 11 is 0. The van der Waals surface area contributed by atoms with Crippen molar-refractivity contribution in [3.8, 4) is 0 Å². The van der Waals surface area contributed by atoms with Crippen LogP contribution in [0.4, 0.5) is 26.1 Å². The van der Waals surface area contributed by atoms with Crippen molar-refractivity contribution in [3.05, 3.63) is 41.7 Å². The first-order valence-electron chi connectivity index (χ1n) is 6.83. The lowest BCUT2D eigenvalue weighted by Gasteiger charge is -2.17. The summed E-state index contributed by atoms with van der Waals surface area (Å²) in [5.41, 5.74) is 0.890. The Morgan fingerprint density at radius 1 is 1.14 bits per heavy atom. The third kappa shape index (κ3) is 3.45. The van der Waals surface area contributed by atoms with Gasteiger partial charge < -0.3 is 10.6 Å². The highest BCUT2D eigenvalue weighted by Crippen LogP contribution is 2.31. The van der Waals surface area contributed by atoms with Crippen LogP contribution in [0.2, 0.25) is 0 Å². The molecule has 2 rings (SSSR count). The molecule has 21 heavy (non-hydrogen) atoms. The van der Waals surface area contributed by atoms with Gasteiger partial charge in [0.2, 0.25) is 0 Å². The summed E-state index contributed by atoms with van der Waals surface area (Å²) in [6, 6.07) is 3.27. The summed E-state index contributed by atoms with van der Waals surface area (Å²) in [5, 5.41) is 6.01. The summed E-state index contributed by atoms with van der Waals surface area (Å²) in [5.74, 6) is 0.252. The number of nitrogens with zero attached hydrogens (tertiary/aromatic N) is 2. The maximum Gasteiger partial charge on any atom is 0.146 e. The van der Waals surface area contributed by atoms with E-state index in [1.54, 1.807) is 0 Å². The van der Waals surface area contributed by atoms with Gasteiger partial charge in [-0.1, -0.05) is 13.8 Å². The van der Waals surface area contributed by atoms with Gasteiger partial charge in [-0.25, -0.2) is 18.7 Å². The molecule has 1 aromatic carbocycles. The van der Waals surface area contributed by atoms with E-state index in [4.69, 9.17) is 0 Å². The van der Waals surface area contributed by atoms with Gasteiger partial charge in [0.1, 0.15) is 29.6 Å². The highest BCUT2D eigenvalue weighted by atomic mass is 19.1. The van der Waals surface area contributed by atoms with Gasteiger partial charge in [-0.15, -0.1) is 0 Å². The molecule has 0 fully saturated rings. The number of anilines is 3. The number of halogens is 2. The molecule has 112 valence electrons. The van der Waals surface area contributed by atoms with Crippen LogP contribution in [0.5, 0.6) is 0 Å². The first kappa shape index (κ1) is 15.2. The van der Waals surface area contributed by atoms with E-state index in [1.165, 1.54) is 6.33 Å². The average molecular weight is 292 g/mol. The molecule has 0 aliphatic heterocycles. The minimum absolute atomic E-state index is 0.0537. The number of hydrogen-bond acceptors (Lipinski definition) is 4. The molecule has 4 nitrogen and oxygen atoms in total. The molecule has 0 radical (unpaired) electrons. The summed E-state index contributed by atoms with van der Waals surface area (Å²) in [6.45, 7) is 6.66. The molecule has 0 bridgehead atoms. The topological polar surface area (TPSA) is 49.8 Å². The van der Waals surface area contributed by atoms with Gasteiger partial charge in [0, 0.05) is 18.2 Å². The van der Waals surface area contributed by atoms with Crippen LogP contribution in [0.15, 0.2) is 24.5 Å². The number of aromatic nitrogens is 2. The largest absolute Gasteiger partial charge is 0.370 e. The van der Waals surface area contributed by atoms with Crippen LogP contribution >= 0.6 is 0 Å². The van der Waals surface area contributed by atoms with Crippen molar-refractivity contribution in [1.29, 1.82) is 0 Å². The standard InChI is InChI=1S/C15H18F2N4/c1-4-18-14-13(9(2)3)15(20-8-19-14)21-12-7-10(16)5-6-11(12)17/h5-9H,4H2,1-3H3,(H2,18,19,20,21). The summed E-state index contributed by atoms with van der Waals surface area (Å²) in [4.78, 5) is 8.36. The Bertz CT molecular complexity index is 629. The molecule has 1 aromatic heterocycles. The Morgan fingerprint density at radius 2 is 1.86 bits per heavy atom. The smallest absolute Gasteiger partial charge is 0.146 e. The van der Waals surface area contributed by atoms with Crippen molar-refractivity contribution < 1.29 is 8.78 Å². The van der Waals surface area contributed by atoms with Gasteiger partial charge in [0.05, 0.1) is 5.69 Å². The third-order valence-corrected chi connectivity index (χ3v) is 2.99. The van der Waals surface area contributed by atoms with E-state index in [1.807, 2.05) is 20.8 Å². The Morgan fingerprint density at radius 3 is 2.52 bits per heavy atom. The summed E-state index contributed by atoms with van der Waals surface area (Å²) in [6.07, 6.45) is 1.39. The van der Waals surface area contributed by atoms with E-state index < -0.39 is 11.6 Å². The zero-order chi connectivity index (χ0) is 15.4. The molecule has 2 N–H and O–H groups in total. The molecular weight excluding hydrogens is 274 g/mol. The van der Waals surface area contributed by atoms with Crippen molar-refractivity contribution in [2.45, 2.75) is 26.7 Å². The summed E-state index contributed by atoms with van der Waals surface area (Å²) < 4.78 is 27.0. The van der Waals surface area contributed by atoms with E-state index in [0.717, 1.165) is 23.8 Å². The molecule has 0 saturated carbocycles. The van der Waals surface area contributed by atoms with E-state index in [2.05, 4.69) is 20.6 Å². The molecule has 0 atom stereocenters. The van der Waals surface area contributed by atoms with E-state index in [-0.39, 0.29) is 11.6 Å². The fourth-order valence-electron chi connectivity index (χ4n) is 2.07. The second-order valence-corrected chi connectivity index (χ2v) is 4.92. The first-order chi connectivity index (χ1) is 10.0. The monoisotopic (exact) mass is 292 g/mol. The highest BCUT2D eigenvalue weighted by Gasteiger charge is 2.16. The number of rotatable bonds is 5. The maximum atomic E-state index is 13.7. The van der Waals surface area contributed by atoms with Gasteiger partial charge in [0.25, 0.3) is 0 Å². The van der Waals surface area contributed by atoms with Gasteiger partial charge in [-0.2, -0.15) is 0 Å².